The Bertz CT molecular complexity index is 720. The van der Waals surface area contributed by atoms with Gasteiger partial charge in [0.1, 0.15) is 0 Å². The lowest BCUT2D eigenvalue weighted by atomic mass is 9.97. The first-order valence-electron chi connectivity index (χ1n) is 7.03. The molecule has 2 aromatic carbocycles. The fourth-order valence-electron chi connectivity index (χ4n) is 4.02. The molecule has 5 rings (SSSR count). The van der Waals surface area contributed by atoms with Crippen LogP contribution < -0.4 is 0 Å². The van der Waals surface area contributed by atoms with Gasteiger partial charge in [-0.15, -0.1) is 0 Å². The fraction of sp³-hybridized carbons (Fsp3) is 0.158. The molecule has 0 nitrogen and oxygen atoms in total. The molecular weight excluding hydrogens is 228 g/mol. The van der Waals surface area contributed by atoms with Crippen molar-refractivity contribution in [1.29, 1.82) is 0 Å². The zero-order valence-corrected chi connectivity index (χ0v) is 10.7. The summed E-state index contributed by atoms with van der Waals surface area (Å²) in [4.78, 5) is 0. The van der Waals surface area contributed by atoms with E-state index in [0.717, 1.165) is 19.3 Å². The molecule has 0 radical (unpaired) electrons. The third-order valence-corrected chi connectivity index (χ3v) is 4.87. The number of allylic oxidation sites excluding steroid dienone is 4. The van der Waals surface area contributed by atoms with Gasteiger partial charge in [-0.05, 0) is 63.8 Å². The van der Waals surface area contributed by atoms with Gasteiger partial charge in [-0.3, -0.25) is 0 Å². The molecular formula is C19H14. The van der Waals surface area contributed by atoms with Crippen molar-refractivity contribution in [1.82, 2.24) is 0 Å². The van der Waals surface area contributed by atoms with Crippen LogP contribution in [0.5, 0.6) is 0 Å². The summed E-state index contributed by atoms with van der Waals surface area (Å²) in [5, 5.41) is 0. The standard InChI is InChI=1S/C19H14/c1-3-7-14-12(5-1)9-16-17-10-13-6-2-4-8-15(13)19(17)11-18(14)16/h1-8H,9-11H2. The lowest BCUT2D eigenvalue weighted by Gasteiger charge is -2.07. The van der Waals surface area contributed by atoms with Crippen LogP contribution in [0.3, 0.4) is 0 Å². The first kappa shape index (κ1) is 9.80. The molecule has 0 fully saturated rings. The summed E-state index contributed by atoms with van der Waals surface area (Å²) in [5.74, 6) is 0. The van der Waals surface area contributed by atoms with Gasteiger partial charge in [-0.25, -0.2) is 0 Å². The van der Waals surface area contributed by atoms with Crippen molar-refractivity contribution in [2.24, 2.45) is 0 Å². The van der Waals surface area contributed by atoms with Gasteiger partial charge < -0.3 is 0 Å². The highest BCUT2D eigenvalue weighted by Crippen LogP contribution is 2.53. The van der Waals surface area contributed by atoms with Crippen molar-refractivity contribution in [2.45, 2.75) is 19.3 Å². The Morgan fingerprint density at radius 2 is 0.947 bits per heavy atom. The Hall–Kier alpha value is -2.08. The number of hydrogen-bond donors (Lipinski definition) is 0. The molecule has 0 spiro atoms. The number of hydrogen-bond acceptors (Lipinski definition) is 0. The van der Waals surface area contributed by atoms with Crippen molar-refractivity contribution in [2.75, 3.05) is 0 Å². The first-order chi connectivity index (χ1) is 9.42. The Morgan fingerprint density at radius 1 is 0.474 bits per heavy atom. The highest BCUT2D eigenvalue weighted by molar-refractivity contribution is 5.98. The van der Waals surface area contributed by atoms with Gasteiger partial charge >= 0.3 is 0 Å². The van der Waals surface area contributed by atoms with Gasteiger partial charge in [0.15, 0.2) is 0 Å². The highest BCUT2D eigenvalue weighted by atomic mass is 14.4. The maximum atomic E-state index is 2.30. The fourth-order valence-corrected chi connectivity index (χ4v) is 4.02. The van der Waals surface area contributed by atoms with E-state index in [0.29, 0.717) is 0 Å². The molecule has 0 aliphatic heterocycles. The van der Waals surface area contributed by atoms with Crippen LogP contribution >= 0.6 is 0 Å². The Labute approximate surface area is 113 Å². The normalized spacial score (nSPS) is 18.5. The molecule has 0 N–H and O–H groups in total. The smallest absolute Gasteiger partial charge is 0.000777 e. The topological polar surface area (TPSA) is 0 Å². The number of rotatable bonds is 0. The molecule has 90 valence electrons. The molecule has 0 heteroatoms. The Morgan fingerprint density at radius 3 is 1.47 bits per heavy atom. The molecule has 0 bridgehead atoms. The third kappa shape index (κ3) is 1.14. The minimum Gasteiger partial charge on any atom is -0.0619 e. The van der Waals surface area contributed by atoms with E-state index in [1.165, 1.54) is 22.3 Å². The van der Waals surface area contributed by atoms with E-state index in [1.54, 1.807) is 22.3 Å². The first-order valence-corrected chi connectivity index (χ1v) is 7.03. The van der Waals surface area contributed by atoms with Gasteiger partial charge in [0.2, 0.25) is 0 Å². The average molecular weight is 242 g/mol. The van der Waals surface area contributed by atoms with Crippen LogP contribution in [-0.2, 0) is 12.8 Å². The van der Waals surface area contributed by atoms with E-state index in [1.807, 2.05) is 0 Å². The molecule has 19 heavy (non-hydrogen) atoms. The SMILES string of the molecule is c1ccc2c(c1)CC1=C2CC2=C1Cc1ccccc12. The van der Waals surface area contributed by atoms with E-state index >= 15 is 0 Å². The van der Waals surface area contributed by atoms with E-state index < -0.39 is 0 Å². The van der Waals surface area contributed by atoms with Crippen LogP contribution in [-0.4, -0.2) is 0 Å². The van der Waals surface area contributed by atoms with Crippen LogP contribution in [0.4, 0.5) is 0 Å². The van der Waals surface area contributed by atoms with Crippen LogP contribution in [0.25, 0.3) is 11.1 Å². The molecule has 0 atom stereocenters. The second-order valence-electron chi connectivity index (χ2n) is 5.76. The summed E-state index contributed by atoms with van der Waals surface area (Å²) in [6, 6.07) is 17.8. The maximum Gasteiger partial charge on any atom is -0.000777 e. The van der Waals surface area contributed by atoms with Gasteiger partial charge in [0.25, 0.3) is 0 Å². The van der Waals surface area contributed by atoms with E-state index in [9.17, 15) is 0 Å². The molecule has 0 aromatic heterocycles. The van der Waals surface area contributed by atoms with Crippen molar-refractivity contribution in [3.8, 4) is 0 Å². The van der Waals surface area contributed by atoms with Gasteiger partial charge in [-0.1, -0.05) is 48.5 Å². The molecule has 0 amide bonds. The predicted octanol–water partition coefficient (Wildman–Crippen LogP) is 4.41. The van der Waals surface area contributed by atoms with Crippen LogP contribution in [0.15, 0.2) is 59.7 Å². The summed E-state index contributed by atoms with van der Waals surface area (Å²) in [6.45, 7) is 0. The van der Waals surface area contributed by atoms with Gasteiger partial charge in [-0.2, -0.15) is 0 Å². The monoisotopic (exact) mass is 242 g/mol. The van der Waals surface area contributed by atoms with E-state index in [-0.39, 0.29) is 0 Å². The Balaban J connectivity index is 1.65. The van der Waals surface area contributed by atoms with Crippen LogP contribution in [0, 0.1) is 0 Å². The summed E-state index contributed by atoms with van der Waals surface area (Å²) >= 11 is 0. The van der Waals surface area contributed by atoms with E-state index in [2.05, 4.69) is 48.5 Å². The number of benzene rings is 2. The van der Waals surface area contributed by atoms with Crippen LogP contribution in [0.2, 0.25) is 0 Å². The summed E-state index contributed by atoms with van der Waals surface area (Å²) < 4.78 is 0. The zero-order chi connectivity index (χ0) is 12.4. The molecule has 0 saturated heterocycles. The van der Waals surface area contributed by atoms with Gasteiger partial charge in [0.05, 0.1) is 0 Å². The van der Waals surface area contributed by atoms with Crippen molar-refractivity contribution >= 4 is 11.1 Å². The number of fused-ring (bicyclic) bond motifs is 5. The summed E-state index contributed by atoms with van der Waals surface area (Å²) in [7, 11) is 0. The lowest BCUT2D eigenvalue weighted by Crippen LogP contribution is -1.90. The second kappa shape index (κ2) is 3.27. The predicted molar refractivity (Wildman–Crippen MR) is 78.7 cm³/mol. The second-order valence-corrected chi connectivity index (χ2v) is 5.76. The molecule has 0 heterocycles. The Kier molecular flexibility index (Phi) is 1.69. The minimum absolute atomic E-state index is 1.15. The van der Waals surface area contributed by atoms with Crippen LogP contribution in [0.1, 0.15) is 28.7 Å². The average Bonchev–Trinajstić information content (AvgIpc) is 3.07. The van der Waals surface area contributed by atoms with E-state index in [4.69, 9.17) is 0 Å². The molecule has 2 aromatic rings. The quantitative estimate of drug-likeness (QED) is 0.642. The third-order valence-electron chi connectivity index (χ3n) is 4.87. The molecule has 0 saturated carbocycles. The summed E-state index contributed by atoms with van der Waals surface area (Å²) in [6.07, 6.45) is 3.45. The highest BCUT2D eigenvalue weighted by Gasteiger charge is 2.35. The molecule has 3 aliphatic rings. The lowest BCUT2D eigenvalue weighted by molar-refractivity contribution is 1.13. The largest absolute Gasteiger partial charge is 0.0619 e. The maximum absolute atomic E-state index is 2.30. The zero-order valence-electron chi connectivity index (χ0n) is 10.7. The van der Waals surface area contributed by atoms with Crippen molar-refractivity contribution < 1.29 is 0 Å². The summed E-state index contributed by atoms with van der Waals surface area (Å²) in [5.41, 5.74) is 12.5. The van der Waals surface area contributed by atoms with Crippen molar-refractivity contribution in [3.05, 3.63) is 81.9 Å². The van der Waals surface area contributed by atoms with Gasteiger partial charge in [0, 0.05) is 0 Å². The molecule has 3 aliphatic carbocycles. The molecule has 0 unspecified atom stereocenters. The van der Waals surface area contributed by atoms with Crippen molar-refractivity contribution in [3.63, 3.8) is 0 Å². The minimum atomic E-state index is 1.15.